The molecule has 0 aliphatic heterocycles. The lowest BCUT2D eigenvalue weighted by Crippen LogP contribution is -2.20. The highest BCUT2D eigenvalue weighted by Gasteiger charge is 2.33. The van der Waals surface area contributed by atoms with Crippen LogP contribution in [-0.2, 0) is 24.6 Å². The number of rotatable bonds is 5. The molecule has 9 heteroatoms. The van der Waals surface area contributed by atoms with Crippen LogP contribution in [0.1, 0.15) is 30.0 Å². The molecule has 1 aliphatic rings. The van der Waals surface area contributed by atoms with Crippen LogP contribution in [-0.4, -0.2) is 25.5 Å². The van der Waals surface area contributed by atoms with Gasteiger partial charge in [-0.25, -0.2) is 0 Å². The number of benzene rings is 1. The van der Waals surface area contributed by atoms with E-state index in [1.165, 1.54) is 35.1 Å². The number of alkyl halides is 3. The van der Waals surface area contributed by atoms with E-state index in [9.17, 15) is 18.0 Å². The second-order valence-electron chi connectivity index (χ2n) is 6.84. The molecule has 146 valence electrons. The van der Waals surface area contributed by atoms with Crippen molar-refractivity contribution < 1.29 is 18.0 Å². The molecule has 3 aromatic rings. The molecule has 0 radical (unpaired) electrons. The van der Waals surface area contributed by atoms with E-state index in [1.807, 2.05) is 6.07 Å². The molecule has 1 amide bonds. The first kappa shape index (κ1) is 18.3. The summed E-state index contributed by atoms with van der Waals surface area (Å²) in [6.07, 6.45) is -0.767. The van der Waals surface area contributed by atoms with Crippen molar-refractivity contribution in [3.63, 3.8) is 0 Å². The predicted octanol–water partition coefficient (Wildman–Crippen LogP) is 3.82. The number of hydrogen-bond acceptors (Lipinski definition) is 3. The molecule has 28 heavy (non-hydrogen) atoms. The number of amides is 1. The zero-order valence-corrected chi connectivity index (χ0v) is 15.1. The van der Waals surface area contributed by atoms with Crippen molar-refractivity contribution in [2.75, 3.05) is 5.32 Å². The second-order valence-corrected chi connectivity index (χ2v) is 6.84. The summed E-state index contributed by atoms with van der Waals surface area (Å²) < 4.78 is 42.5. The Bertz CT molecular complexity index is 1020. The van der Waals surface area contributed by atoms with E-state index in [2.05, 4.69) is 15.5 Å². The molecule has 1 aromatic carbocycles. The van der Waals surface area contributed by atoms with Gasteiger partial charge in [-0.15, -0.1) is 0 Å². The fourth-order valence-corrected chi connectivity index (χ4v) is 3.06. The number of nitrogens with zero attached hydrogens (tertiary/aromatic N) is 4. The Kier molecular flexibility index (Phi) is 4.44. The summed E-state index contributed by atoms with van der Waals surface area (Å²) in [6, 6.07) is 8.55. The monoisotopic (exact) mass is 389 g/mol. The summed E-state index contributed by atoms with van der Waals surface area (Å²) >= 11 is 0. The number of carbonyl (C=O) groups is 1. The third kappa shape index (κ3) is 3.78. The van der Waals surface area contributed by atoms with Gasteiger partial charge in [0.1, 0.15) is 12.4 Å². The summed E-state index contributed by atoms with van der Waals surface area (Å²) in [5.41, 5.74) is 0.349. The Morgan fingerprint density at radius 2 is 1.96 bits per heavy atom. The van der Waals surface area contributed by atoms with Crippen LogP contribution in [0.15, 0.2) is 42.6 Å². The van der Waals surface area contributed by atoms with Crippen LogP contribution in [0, 0.1) is 0 Å². The van der Waals surface area contributed by atoms with Crippen LogP contribution >= 0.6 is 0 Å². The predicted molar refractivity (Wildman–Crippen MR) is 96.5 cm³/mol. The highest BCUT2D eigenvalue weighted by molar-refractivity contribution is 5.89. The van der Waals surface area contributed by atoms with Gasteiger partial charge in [0.15, 0.2) is 0 Å². The van der Waals surface area contributed by atoms with Gasteiger partial charge >= 0.3 is 6.18 Å². The molecule has 1 N–H and O–H groups in total. The van der Waals surface area contributed by atoms with Crippen LogP contribution in [0.3, 0.4) is 0 Å². The molecule has 1 saturated carbocycles. The maximum Gasteiger partial charge on any atom is 0.417 e. The lowest BCUT2D eigenvalue weighted by Gasteiger charge is -2.10. The number of aryl methyl sites for hydroxylation is 1. The Morgan fingerprint density at radius 3 is 2.68 bits per heavy atom. The summed E-state index contributed by atoms with van der Waals surface area (Å²) in [4.78, 5) is 12.3. The van der Waals surface area contributed by atoms with Crippen molar-refractivity contribution in [3.8, 4) is 11.3 Å². The zero-order valence-electron chi connectivity index (χ0n) is 15.1. The van der Waals surface area contributed by atoms with Crippen molar-refractivity contribution in [3.05, 3.63) is 53.9 Å². The van der Waals surface area contributed by atoms with Crippen molar-refractivity contribution in [2.45, 2.75) is 31.5 Å². The van der Waals surface area contributed by atoms with Gasteiger partial charge in [0.05, 0.1) is 17.0 Å². The molecule has 1 fully saturated rings. The summed E-state index contributed by atoms with van der Waals surface area (Å²) in [6.45, 7) is -0.113. The van der Waals surface area contributed by atoms with E-state index in [0.717, 1.165) is 24.6 Å². The molecule has 6 nitrogen and oxygen atoms in total. The lowest BCUT2D eigenvalue weighted by atomic mass is 10.0. The maximum absolute atomic E-state index is 13.2. The van der Waals surface area contributed by atoms with Gasteiger partial charge < -0.3 is 5.32 Å². The lowest BCUT2D eigenvalue weighted by molar-refractivity contribution is -0.137. The maximum atomic E-state index is 13.2. The van der Waals surface area contributed by atoms with E-state index < -0.39 is 11.7 Å². The van der Waals surface area contributed by atoms with E-state index in [0.29, 0.717) is 11.7 Å². The molecule has 0 saturated heterocycles. The smallest absolute Gasteiger partial charge is 0.309 e. The second kappa shape index (κ2) is 6.81. The van der Waals surface area contributed by atoms with Crippen LogP contribution in [0.5, 0.6) is 0 Å². The van der Waals surface area contributed by atoms with Crippen molar-refractivity contribution in [1.29, 1.82) is 0 Å². The number of hydrogen-bond donors (Lipinski definition) is 1. The highest BCUT2D eigenvalue weighted by atomic mass is 19.4. The van der Waals surface area contributed by atoms with Gasteiger partial charge in [0.25, 0.3) is 0 Å². The number of anilines is 1. The Balaban J connectivity index is 1.47. The minimum Gasteiger partial charge on any atom is -0.309 e. The molecule has 0 unspecified atom stereocenters. The third-order valence-electron chi connectivity index (χ3n) is 4.62. The van der Waals surface area contributed by atoms with Gasteiger partial charge in [-0.2, -0.15) is 23.4 Å². The molecule has 2 aromatic heterocycles. The number of halogens is 3. The number of nitrogens with one attached hydrogen (secondary N) is 1. The molecule has 4 rings (SSSR count). The SMILES string of the molecule is Cn1nc(C2CC2)cc1NC(=O)Cn1ccc(-c2ccccc2C(F)(F)F)n1. The van der Waals surface area contributed by atoms with Crippen LogP contribution in [0.4, 0.5) is 19.0 Å². The van der Waals surface area contributed by atoms with Gasteiger partial charge in [0, 0.05) is 30.8 Å². The zero-order chi connectivity index (χ0) is 19.9. The van der Waals surface area contributed by atoms with E-state index in [4.69, 9.17) is 0 Å². The number of aromatic nitrogens is 4. The summed E-state index contributed by atoms with van der Waals surface area (Å²) in [5.74, 6) is 0.727. The summed E-state index contributed by atoms with van der Waals surface area (Å²) in [5, 5.41) is 11.3. The topological polar surface area (TPSA) is 64.7 Å². The fraction of sp³-hybridized carbons (Fsp3) is 0.316. The minimum absolute atomic E-state index is 0.0186. The average molecular weight is 389 g/mol. The molecule has 1 aliphatic carbocycles. The molecular formula is C19H18F3N5O. The average Bonchev–Trinajstić information content (AvgIpc) is 3.29. The first-order chi connectivity index (χ1) is 13.3. The van der Waals surface area contributed by atoms with Crippen LogP contribution in [0.2, 0.25) is 0 Å². The van der Waals surface area contributed by atoms with Gasteiger partial charge in [-0.05, 0) is 25.0 Å². The third-order valence-corrected chi connectivity index (χ3v) is 4.62. The highest BCUT2D eigenvalue weighted by Crippen LogP contribution is 2.40. The van der Waals surface area contributed by atoms with Crippen molar-refractivity contribution in [2.24, 2.45) is 7.05 Å². The summed E-state index contributed by atoms with van der Waals surface area (Å²) in [7, 11) is 1.75. The Labute approximate surface area is 159 Å². The standard InChI is InChI=1S/C19H18F3N5O/c1-26-17(10-16(24-26)12-6-7-12)23-18(28)11-27-9-8-15(25-27)13-4-2-3-5-14(13)19(20,21)22/h2-5,8-10,12H,6-7,11H2,1H3,(H,23,28). The fourth-order valence-electron chi connectivity index (χ4n) is 3.06. The van der Waals surface area contributed by atoms with E-state index in [-0.39, 0.29) is 23.7 Å². The first-order valence-corrected chi connectivity index (χ1v) is 8.85. The molecule has 0 bridgehead atoms. The Hall–Kier alpha value is -3.10. The van der Waals surface area contributed by atoms with Crippen molar-refractivity contribution in [1.82, 2.24) is 19.6 Å². The van der Waals surface area contributed by atoms with E-state index >= 15 is 0 Å². The normalized spacial score (nSPS) is 14.3. The van der Waals surface area contributed by atoms with Crippen LogP contribution in [0.25, 0.3) is 11.3 Å². The van der Waals surface area contributed by atoms with E-state index in [1.54, 1.807) is 11.7 Å². The van der Waals surface area contributed by atoms with Crippen LogP contribution < -0.4 is 5.32 Å². The quantitative estimate of drug-likeness (QED) is 0.722. The Morgan fingerprint density at radius 1 is 1.21 bits per heavy atom. The molecule has 0 spiro atoms. The van der Waals surface area contributed by atoms with Crippen molar-refractivity contribution >= 4 is 11.7 Å². The molecule has 0 atom stereocenters. The van der Waals surface area contributed by atoms with Gasteiger partial charge in [-0.1, -0.05) is 18.2 Å². The first-order valence-electron chi connectivity index (χ1n) is 8.85. The largest absolute Gasteiger partial charge is 0.417 e. The van der Waals surface area contributed by atoms with Gasteiger partial charge in [-0.3, -0.25) is 14.2 Å². The molecular weight excluding hydrogens is 371 g/mol. The van der Waals surface area contributed by atoms with Gasteiger partial charge in [0.2, 0.25) is 5.91 Å². The molecule has 2 heterocycles. The number of carbonyl (C=O) groups excluding carboxylic acids is 1. The minimum atomic E-state index is -4.48.